The van der Waals surface area contributed by atoms with Crippen molar-refractivity contribution in [3.8, 4) is 0 Å². The van der Waals surface area contributed by atoms with Crippen molar-refractivity contribution in [1.29, 1.82) is 0 Å². The summed E-state index contributed by atoms with van der Waals surface area (Å²) in [4.78, 5) is 8.58. The van der Waals surface area contributed by atoms with Gasteiger partial charge in [-0.15, -0.1) is 11.3 Å². The summed E-state index contributed by atoms with van der Waals surface area (Å²) in [5, 5.41) is 0. The Kier molecular flexibility index (Phi) is 6.47. The van der Waals surface area contributed by atoms with Gasteiger partial charge in [0.2, 0.25) is 0 Å². The highest BCUT2D eigenvalue weighted by Crippen LogP contribution is 2.32. The first-order chi connectivity index (χ1) is 9.97. The van der Waals surface area contributed by atoms with Crippen molar-refractivity contribution < 1.29 is 0 Å². The highest BCUT2D eigenvalue weighted by atomic mass is 35.5. The summed E-state index contributed by atoms with van der Waals surface area (Å²) in [6.45, 7) is 8.76. The van der Waals surface area contributed by atoms with Crippen LogP contribution in [0.2, 0.25) is 4.34 Å². The molecular formula is C15H27ClN4S. The summed E-state index contributed by atoms with van der Waals surface area (Å²) in [6.07, 6.45) is 0. The third-order valence-corrected chi connectivity index (χ3v) is 5.35. The van der Waals surface area contributed by atoms with Crippen molar-refractivity contribution in [2.75, 3.05) is 53.4 Å². The van der Waals surface area contributed by atoms with Crippen LogP contribution in [0.15, 0.2) is 12.1 Å². The maximum atomic E-state index is 6.24. The van der Waals surface area contributed by atoms with Gasteiger partial charge in [0.1, 0.15) is 0 Å². The van der Waals surface area contributed by atoms with Crippen LogP contribution in [0, 0.1) is 0 Å². The van der Waals surface area contributed by atoms with Gasteiger partial charge < -0.3 is 10.6 Å². The van der Waals surface area contributed by atoms with Crippen molar-refractivity contribution in [3.63, 3.8) is 0 Å². The lowest BCUT2D eigenvalue weighted by Gasteiger charge is -2.40. The van der Waals surface area contributed by atoms with E-state index in [2.05, 4.69) is 41.8 Å². The first-order valence-corrected chi connectivity index (χ1v) is 8.79. The fourth-order valence-corrected chi connectivity index (χ4v) is 4.18. The number of thiophene rings is 1. The van der Waals surface area contributed by atoms with E-state index in [4.69, 9.17) is 17.3 Å². The van der Waals surface area contributed by atoms with Crippen molar-refractivity contribution >= 4 is 22.9 Å². The normalized spacial score (nSPS) is 20.9. The standard InChI is InChI=1S/C15H27ClN4S/c1-12(17)15(13-4-5-14(16)21-13)20-10-8-19(9-11-20)7-6-18(2)3/h4-5,12,15H,6-11,17H2,1-3H3. The molecule has 1 aliphatic heterocycles. The van der Waals surface area contributed by atoms with Crippen LogP contribution in [0.1, 0.15) is 17.8 Å². The van der Waals surface area contributed by atoms with E-state index < -0.39 is 0 Å². The third-order valence-electron chi connectivity index (χ3n) is 4.05. The second-order valence-electron chi connectivity index (χ2n) is 6.13. The van der Waals surface area contributed by atoms with Gasteiger partial charge in [0.15, 0.2) is 0 Å². The minimum absolute atomic E-state index is 0.119. The smallest absolute Gasteiger partial charge is 0.0931 e. The molecule has 21 heavy (non-hydrogen) atoms. The van der Waals surface area contributed by atoms with Crippen LogP contribution in [0.5, 0.6) is 0 Å². The van der Waals surface area contributed by atoms with Crippen LogP contribution < -0.4 is 5.73 Å². The number of nitrogens with two attached hydrogens (primary N) is 1. The quantitative estimate of drug-likeness (QED) is 0.865. The molecule has 1 aromatic rings. The topological polar surface area (TPSA) is 35.7 Å². The molecule has 2 heterocycles. The predicted octanol–water partition coefficient (Wildman–Crippen LogP) is 1.97. The van der Waals surface area contributed by atoms with Gasteiger partial charge in [-0.1, -0.05) is 11.6 Å². The highest BCUT2D eigenvalue weighted by Gasteiger charge is 2.28. The van der Waals surface area contributed by atoms with Crippen LogP contribution in [-0.2, 0) is 0 Å². The van der Waals surface area contributed by atoms with Gasteiger partial charge in [-0.3, -0.25) is 9.80 Å². The molecule has 0 saturated carbocycles. The Morgan fingerprint density at radius 3 is 2.43 bits per heavy atom. The number of nitrogens with zero attached hydrogens (tertiary/aromatic N) is 3. The fourth-order valence-electron chi connectivity index (χ4n) is 2.87. The molecule has 2 unspecified atom stereocenters. The minimum Gasteiger partial charge on any atom is -0.326 e. The molecule has 1 aromatic heterocycles. The first-order valence-electron chi connectivity index (χ1n) is 7.59. The third kappa shape index (κ3) is 4.91. The summed E-state index contributed by atoms with van der Waals surface area (Å²) in [6, 6.07) is 4.51. The van der Waals surface area contributed by atoms with E-state index in [1.165, 1.54) is 4.88 Å². The van der Waals surface area contributed by atoms with E-state index in [1.807, 2.05) is 6.07 Å². The Bertz CT molecular complexity index is 427. The maximum absolute atomic E-state index is 6.24. The second kappa shape index (κ2) is 7.90. The zero-order valence-corrected chi connectivity index (χ0v) is 14.8. The van der Waals surface area contributed by atoms with Crippen LogP contribution in [0.3, 0.4) is 0 Å². The Morgan fingerprint density at radius 1 is 1.29 bits per heavy atom. The molecule has 0 amide bonds. The SMILES string of the molecule is CC(N)C(c1ccc(Cl)s1)N1CCN(CCN(C)C)CC1. The van der Waals surface area contributed by atoms with Gasteiger partial charge in [-0.05, 0) is 33.2 Å². The lowest BCUT2D eigenvalue weighted by molar-refractivity contribution is 0.0844. The van der Waals surface area contributed by atoms with Gasteiger partial charge in [0.05, 0.1) is 10.4 Å². The highest BCUT2D eigenvalue weighted by molar-refractivity contribution is 7.16. The summed E-state index contributed by atoms with van der Waals surface area (Å²) >= 11 is 7.74. The number of likely N-dealkylation sites (N-methyl/N-ethyl adjacent to an activating group) is 1. The van der Waals surface area contributed by atoms with Crippen molar-refractivity contribution in [3.05, 3.63) is 21.3 Å². The maximum Gasteiger partial charge on any atom is 0.0931 e. The monoisotopic (exact) mass is 330 g/mol. The molecule has 0 spiro atoms. The molecule has 120 valence electrons. The number of hydrogen-bond acceptors (Lipinski definition) is 5. The zero-order valence-electron chi connectivity index (χ0n) is 13.3. The van der Waals surface area contributed by atoms with Crippen LogP contribution >= 0.6 is 22.9 Å². The molecule has 0 aliphatic carbocycles. The Hall–Kier alpha value is -0.170. The van der Waals surface area contributed by atoms with E-state index in [-0.39, 0.29) is 6.04 Å². The van der Waals surface area contributed by atoms with Crippen molar-refractivity contribution in [2.24, 2.45) is 5.73 Å². The molecule has 1 fully saturated rings. The van der Waals surface area contributed by atoms with E-state index in [0.717, 1.165) is 43.6 Å². The molecule has 0 bridgehead atoms. The molecule has 0 radical (unpaired) electrons. The summed E-state index contributed by atoms with van der Waals surface area (Å²) in [5.41, 5.74) is 6.24. The lowest BCUT2D eigenvalue weighted by atomic mass is 10.1. The first kappa shape index (κ1) is 17.2. The van der Waals surface area contributed by atoms with Crippen LogP contribution in [0.4, 0.5) is 0 Å². The van der Waals surface area contributed by atoms with Gasteiger partial charge in [-0.2, -0.15) is 0 Å². The number of piperazine rings is 1. The fraction of sp³-hybridized carbons (Fsp3) is 0.733. The van der Waals surface area contributed by atoms with Gasteiger partial charge in [0, 0.05) is 50.2 Å². The zero-order chi connectivity index (χ0) is 15.4. The van der Waals surface area contributed by atoms with E-state index in [9.17, 15) is 0 Å². The van der Waals surface area contributed by atoms with Gasteiger partial charge in [-0.25, -0.2) is 0 Å². The van der Waals surface area contributed by atoms with E-state index in [0.29, 0.717) is 6.04 Å². The molecule has 1 aliphatic rings. The molecule has 2 N–H and O–H groups in total. The lowest BCUT2D eigenvalue weighted by Crippen LogP contribution is -2.51. The molecule has 6 heteroatoms. The van der Waals surface area contributed by atoms with Gasteiger partial charge >= 0.3 is 0 Å². The largest absolute Gasteiger partial charge is 0.326 e. The van der Waals surface area contributed by atoms with E-state index in [1.54, 1.807) is 11.3 Å². The van der Waals surface area contributed by atoms with Crippen LogP contribution in [0.25, 0.3) is 0 Å². The second-order valence-corrected chi connectivity index (χ2v) is 7.87. The number of rotatable bonds is 6. The van der Waals surface area contributed by atoms with Crippen LogP contribution in [-0.4, -0.2) is 74.1 Å². The average molecular weight is 331 g/mol. The van der Waals surface area contributed by atoms with Gasteiger partial charge in [0.25, 0.3) is 0 Å². The van der Waals surface area contributed by atoms with Crippen molar-refractivity contribution in [1.82, 2.24) is 14.7 Å². The molecule has 2 atom stereocenters. The summed E-state index contributed by atoms with van der Waals surface area (Å²) < 4.78 is 0.847. The Labute approximate surface area is 137 Å². The van der Waals surface area contributed by atoms with E-state index >= 15 is 0 Å². The Balaban J connectivity index is 1.92. The summed E-state index contributed by atoms with van der Waals surface area (Å²) in [5.74, 6) is 0. The predicted molar refractivity (Wildman–Crippen MR) is 92.3 cm³/mol. The molecule has 4 nitrogen and oxygen atoms in total. The molecule has 1 saturated heterocycles. The molecule has 2 rings (SSSR count). The molecular weight excluding hydrogens is 304 g/mol. The number of halogens is 1. The van der Waals surface area contributed by atoms with Crippen molar-refractivity contribution in [2.45, 2.75) is 19.0 Å². The summed E-state index contributed by atoms with van der Waals surface area (Å²) in [7, 11) is 4.26. The Morgan fingerprint density at radius 2 is 1.95 bits per heavy atom. The molecule has 0 aromatic carbocycles. The average Bonchev–Trinajstić information content (AvgIpc) is 2.84. The minimum atomic E-state index is 0.119. The number of hydrogen-bond donors (Lipinski definition) is 1.